The van der Waals surface area contributed by atoms with Gasteiger partial charge in [0.25, 0.3) is 0 Å². The Hall–Kier alpha value is -0.0800. The molecule has 1 saturated carbocycles. The lowest BCUT2D eigenvalue weighted by Crippen LogP contribution is -2.51. The molecule has 16 heavy (non-hydrogen) atoms. The first-order chi connectivity index (χ1) is 7.72. The van der Waals surface area contributed by atoms with Gasteiger partial charge in [-0.2, -0.15) is 0 Å². The van der Waals surface area contributed by atoms with E-state index in [0.29, 0.717) is 12.1 Å². The SMILES string of the molecule is CCCCN(CC)C1CC(CC)CCC1N. The van der Waals surface area contributed by atoms with E-state index in [1.807, 2.05) is 0 Å². The Labute approximate surface area is 102 Å². The molecule has 0 bridgehead atoms. The predicted octanol–water partition coefficient (Wildman–Crippen LogP) is 3.01. The average Bonchev–Trinajstić information content (AvgIpc) is 2.32. The lowest BCUT2D eigenvalue weighted by atomic mass is 9.80. The highest BCUT2D eigenvalue weighted by molar-refractivity contribution is 4.88. The van der Waals surface area contributed by atoms with E-state index in [4.69, 9.17) is 5.73 Å². The van der Waals surface area contributed by atoms with E-state index in [2.05, 4.69) is 25.7 Å². The number of nitrogens with zero attached hydrogens (tertiary/aromatic N) is 1. The zero-order valence-electron chi connectivity index (χ0n) is 11.4. The van der Waals surface area contributed by atoms with E-state index in [1.165, 1.54) is 45.1 Å². The summed E-state index contributed by atoms with van der Waals surface area (Å²) >= 11 is 0. The number of hydrogen-bond donors (Lipinski definition) is 1. The van der Waals surface area contributed by atoms with Crippen LogP contribution in [0.4, 0.5) is 0 Å². The van der Waals surface area contributed by atoms with Crippen LogP contribution in [0, 0.1) is 5.92 Å². The molecule has 96 valence electrons. The highest BCUT2D eigenvalue weighted by Crippen LogP contribution is 2.29. The first kappa shape index (κ1) is 14.0. The van der Waals surface area contributed by atoms with E-state index in [-0.39, 0.29) is 0 Å². The fourth-order valence-corrected chi connectivity index (χ4v) is 2.97. The zero-order chi connectivity index (χ0) is 12.0. The fourth-order valence-electron chi connectivity index (χ4n) is 2.97. The van der Waals surface area contributed by atoms with Gasteiger partial charge in [0.05, 0.1) is 0 Å². The Morgan fingerprint density at radius 3 is 2.50 bits per heavy atom. The molecule has 0 saturated heterocycles. The number of hydrogen-bond acceptors (Lipinski definition) is 2. The molecule has 2 N–H and O–H groups in total. The Kier molecular flexibility index (Phi) is 6.37. The number of nitrogens with two attached hydrogens (primary N) is 1. The Balaban J connectivity index is 2.51. The van der Waals surface area contributed by atoms with Crippen LogP contribution in [0.5, 0.6) is 0 Å². The summed E-state index contributed by atoms with van der Waals surface area (Å²) in [5, 5.41) is 0. The van der Waals surface area contributed by atoms with Gasteiger partial charge in [0.2, 0.25) is 0 Å². The third-order valence-electron chi connectivity index (χ3n) is 4.23. The lowest BCUT2D eigenvalue weighted by Gasteiger charge is -2.41. The van der Waals surface area contributed by atoms with Crippen molar-refractivity contribution in [2.75, 3.05) is 13.1 Å². The van der Waals surface area contributed by atoms with E-state index >= 15 is 0 Å². The Bertz CT molecular complexity index is 182. The van der Waals surface area contributed by atoms with E-state index in [9.17, 15) is 0 Å². The van der Waals surface area contributed by atoms with E-state index in [0.717, 1.165) is 12.5 Å². The fraction of sp³-hybridized carbons (Fsp3) is 1.00. The van der Waals surface area contributed by atoms with Crippen molar-refractivity contribution in [2.45, 2.75) is 71.4 Å². The third kappa shape index (κ3) is 3.74. The first-order valence-electron chi connectivity index (χ1n) is 7.22. The van der Waals surface area contributed by atoms with Gasteiger partial charge in [-0.1, -0.05) is 33.6 Å². The van der Waals surface area contributed by atoms with Gasteiger partial charge in [-0.15, -0.1) is 0 Å². The summed E-state index contributed by atoms with van der Waals surface area (Å²) in [7, 11) is 0. The van der Waals surface area contributed by atoms with Crippen LogP contribution in [0.25, 0.3) is 0 Å². The second-order valence-electron chi connectivity index (χ2n) is 5.30. The van der Waals surface area contributed by atoms with Crippen molar-refractivity contribution in [3.8, 4) is 0 Å². The van der Waals surface area contributed by atoms with Crippen molar-refractivity contribution < 1.29 is 0 Å². The summed E-state index contributed by atoms with van der Waals surface area (Å²) in [6, 6.07) is 1.06. The summed E-state index contributed by atoms with van der Waals surface area (Å²) in [6.07, 6.45) is 7.83. The summed E-state index contributed by atoms with van der Waals surface area (Å²) in [6.45, 7) is 9.26. The predicted molar refractivity (Wildman–Crippen MR) is 71.6 cm³/mol. The summed E-state index contributed by atoms with van der Waals surface area (Å²) in [5.74, 6) is 0.917. The molecule has 3 atom stereocenters. The van der Waals surface area contributed by atoms with Gasteiger partial charge >= 0.3 is 0 Å². The van der Waals surface area contributed by atoms with Crippen molar-refractivity contribution in [1.29, 1.82) is 0 Å². The van der Waals surface area contributed by atoms with Crippen LogP contribution >= 0.6 is 0 Å². The van der Waals surface area contributed by atoms with E-state index < -0.39 is 0 Å². The quantitative estimate of drug-likeness (QED) is 0.754. The minimum absolute atomic E-state index is 0.416. The molecule has 0 aromatic carbocycles. The van der Waals surface area contributed by atoms with Crippen LogP contribution in [0.15, 0.2) is 0 Å². The molecule has 0 aromatic rings. The van der Waals surface area contributed by atoms with Crippen molar-refractivity contribution in [1.82, 2.24) is 4.90 Å². The standard InChI is InChI=1S/C14H30N2/c1-4-7-10-16(6-3)14-11-12(5-2)8-9-13(14)15/h12-14H,4-11,15H2,1-3H3. The largest absolute Gasteiger partial charge is 0.326 e. The zero-order valence-corrected chi connectivity index (χ0v) is 11.4. The molecule has 0 spiro atoms. The van der Waals surface area contributed by atoms with Crippen LogP contribution < -0.4 is 5.73 Å². The smallest absolute Gasteiger partial charge is 0.0249 e. The molecule has 2 heteroatoms. The van der Waals surface area contributed by atoms with Crippen LogP contribution in [0.2, 0.25) is 0 Å². The van der Waals surface area contributed by atoms with Gasteiger partial charge in [0.15, 0.2) is 0 Å². The average molecular weight is 226 g/mol. The van der Waals surface area contributed by atoms with Crippen LogP contribution in [0.1, 0.15) is 59.3 Å². The monoisotopic (exact) mass is 226 g/mol. The highest BCUT2D eigenvalue weighted by Gasteiger charge is 2.30. The van der Waals surface area contributed by atoms with Crippen LogP contribution in [0.3, 0.4) is 0 Å². The molecule has 0 aromatic heterocycles. The topological polar surface area (TPSA) is 29.3 Å². The van der Waals surface area contributed by atoms with Gasteiger partial charge in [-0.3, -0.25) is 4.90 Å². The Morgan fingerprint density at radius 2 is 1.94 bits per heavy atom. The molecular weight excluding hydrogens is 196 g/mol. The van der Waals surface area contributed by atoms with Gasteiger partial charge in [0, 0.05) is 12.1 Å². The molecular formula is C14H30N2. The minimum Gasteiger partial charge on any atom is -0.326 e. The normalized spacial score (nSPS) is 30.9. The van der Waals surface area contributed by atoms with Gasteiger partial charge in [-0.05, 0) is 44.7 Å². The maximum atomic E-state index is 6.30. The first-order valence-corrected chi connectivity index (χ1v) is 7.22. The van der Waals surface area contributed by atoms with Gasteiger partial charge in [0.1, 0.15) is 0 Å². The van der Waals surface area contributed by atoms with Crippen molar-refractivity contribution in [3.63, 3.8) is 0 Å². The molecule has 0 aliphatic heterocycles. The molecule has 1 aliphatic carbocycles. The van der Waals surface area contributed by atoms with E-state index in [1.54, 1.807) is 0 Å². The molecule has 0 heterocycles. The van der Waals surface area contributed by atoms with Crippen LogP contribution in [-0.2, 0) is 0 Å². The molecule has 1 fully saturated rings. The minimum atomic E-state index is 0.416. The number of rotatable bonds is 6. The molecule has 1 aliphatic rings. The number of unbranched alkanes of at least 4 members (excludes halogenated alkanes) is 1. The van der Waals surface area contributed by atoms with Crippen molar-refractivity contribution >= 4 is 0 Å². The summed E-state index contributed by atoms with van der Waals surface area (Å²) in [5.41, 5.74) is 6.30. The van der Waals surface area contributed by atoms with Crippen LogP contribution in [-0.4, -0.2) is 30.1 Å². The number of likely N-dealkylation sites (N-methyl/N-ethyl adjacent to an activating group) is 1. The third-order valence-corrected chi connectivity index (χ3v) is 4.23. The molecule has 3 unspecified atom stereocenters. The summed E-state index contributed by atoms with van der Waals surface area (Å²) < 4.78 is 0. The van der Waals surface area contributed by atoms with Gasteiger partial charge < -0.3 is 5.73 Å². The Morgan fingerprint density at radius 1 is 1.19 bits per heavy atom. The van der Waals surface area contributed by atoms with Crippen molar-refractivity contribution in [2.24, 2.45) is 11.7 Å². The maximum absolute atomic E-state index is 6.30. The molecule has 2 nitrogen and oxygen atoms in total. The molecule has 0 radical (unpaired) electrons. The van der Waals surface area contributed by atoms with Gasteiger partial charge in [-0.25, -0.2) is 0 Å². The lowest BCUT2D eigenvalue weighted by molar-refractivity contribution is 0.114. The molecule has 1 rings (SSSR count). The molecule has 0 amide bonds. The van der Waals surface area contributed by atoms with Crippen molar-refractivity contribution in [3.05, 3.63) is 0 Å². The second-order valence-corrected chi connectivity index (χ2v) is 5.30. The second kappa shape index (κ2) is 7.29. The highest BCUT2D eigenvalue weighted by atomic mass is 15.2. The summed E-state index contributed by atoms with van der Waals surface area (Å²) in [4.78, 5) is 2.62. The maximum Gasteiger partial charge on any atom is 0.0249 e.